The number of carbonyl (C=O) groups is 1. The fourth-order valence-corrected chi connectivity index (χ4v) is 1.24. The zero-order valence-corrected chi connectivity index (χ0v) is 11.1. The number of hydrogen-bond donors (Lipinski definition) is 1. The molecule has 0 fully saturated rings. The quantitative estimate of drug-likeness (QED) is 0.507. The molecular weight excluding hydrogens is 206 g/mol. The van der Waals surface area contributed by atoms with E-state index in [1.54, 1.807) is 0 Å². The van der Waals surface area contributed by atoms with Gasteiger partial charge in [-0.25, -0.2) is 0 Å². The summed E-state index contributed by atoms with van der Waals surface area (Å²) >= 11 is 0. The lowest BCUT2D eigenvalue weighted by atomic mass is 10.0. The SMILES string of the molecule is COC(=O)C(C)C(C)NCCOCC(C)C. The van der Waals surface area contributed by atoms with E-state index in [0.717, 1.165) is 13.2 Å². The zero-order valence-electron chi connectivity index (χ0n) is 11.1. The molecule has 0 radical (unpaired) electrons. The van der Waals surface area contributed by atoms with Crippen LogP contribution in [0.4, 0.5) is 0 Å². The van der Waals surface area contributed by atoms with E-state index in [1.807, 2.05) is 13.8 Å². The first-order valence-corrected chi connectivity index (χ1v) is 5.88. The van der Waals surface area contributed by atoms with Crippen molar-refractivity contribution in [1.82, 2.24) is 5.32 Å². The minimum Gasteiger partial charge on any atom is -0.469 e. The van der Waals surface area contributed by atoms with Crippen LogP contribution in [0.2, 0.25) is 0 Å². The van der Waals surface area contributed by atoms with Crippen molar-refractivity contribution in [3.8, 4) is 0 Å². The number of nitrogens with one attached hydrogen (secondary N) is 1. The Balaban J connectivity index is 3.57. The summed E-state index contributed by atoms with van der Waals surface area (Å²) in [6.45, 7) is 10.3. The normalized spacial score (nSPS) is 14.9. The number of rotatable bonds is 8. The highest BCUT2D eigenvalue weighted by Gasteiger charge is 2.19. The first-order valence-electron chi connectivity index (χ1n) is 5.88. The molecule has 0 aliphatic carbocycles. The van der Waals surface area contributed by atoms with E-state index in [9.17, 15) is 4.79 Å². The largest absolute Gasteiger partial charge is 0.469 e. The Morgan fingerprint density at radius 2 is 1.88 bits per heavy atom. The summed E-state index contributed by atoms with van der Waals surface area (Å²) in [5.74, 6) is 0.254. The van der Waals surface area contributed by atoms with E-state index >= 15 is 0 Å². The monoisotopic (exact) mass is 231 g/mol. The second-order valence-corrected chi connectivity index (χ2v) is 4.52. The third-order valence-electron chi connectivity index (χ3n) is 2.49. The van der Waals surface area contributed by atoms with Crippen LogP contribution in [0, 0.1) is 11.8 Å². The Hall–Kier alpha value is -0.610. The fourth-order valence-electron chi connectivity index (χ4n) is 1.24. The molecular formula is C12H25NO3. The number of methoxy groups -OCH3 is 1. The van der Waals surface area contributed by atoms with Gasteiger partial charge in [-0.1, -0.05) is 20.8 Å². The second-order valence-electron chi connectivity index (χ2n) is 4.52. The van der Waals surface area contributed by atoms with Crippen LogP contribution in [0.5, 0.6) is 0 Å². The maximum Gasteiger partial charge on any atom is 0.309 e. The topological polar surface area (TPSA) is 47.6 Å². The van der Waals surface area contributed by atoms with Crippen LogP contribution < -0.4 is 5.32 Å². The number of esters is 1. The van der Waals surface area contributed by atoms with E-state index < -0.39 is 0 Å². The highest BCUT2D eigenvalue weighted by molar-refractivity contribution is 5.72. The van der Waals surface area contributed by atoms with Crippen LogP contribution in [0.1, 0.15) is 27.7 Å². The standard InChI is InChI=1S/C12H25NO3/c1-9(2)8-16-7-6-13-11(4)10(3)12(14)15-5/h9-11,13H,6-8H2,1-5H3. The molecule has 0 aromatic heterocycles. The lowest BCUT2D eigenvalue weighted by molar-refractivity contribution is -0.145. The first kappa shape index (κ1) is 15.4. The summed E-state index contributed by atoms with van der Waals surface area (Å²) < 4.78 is 10.1. The van der Waals surface area contributed by atoms with Gasteiger partial charge in [0.1, 0.15) is 0 Å². The van der Waals surface area contributed by atoms with Gasteiger partial charge in [0.05, 0.1) is 19.6 Å². The van der Waals surface area contributed by atoms with Gasteiger partial charge in [0.15, 0.2) is 0 Å². The zero-order chi connectivity index (χ0) is 12.6. The van der Waals surface area contributed by atoms with E-state index in [4.69, 9.17) is 4.74 Å². The predicted octanol–water partition coefficient (Wildman–Crippen LogP) is 1.45. The number of carbonyl (C=O) groups excluding carboxylic acids is 1. The van der Waals surface area contributed by atoms with Crippen molar-refractivity contribution in [3.63, 3.8) is 0 Å². The average Bonchev–Trinajstić information content (AvgIpc) is 2.25. The fraction of sp³-hybridized carbons (Fsp3) is 0.917. The van der Waals surface area contributed by atoms with Gasteiger partial charge in [0, 0.05) is 19.2 Å². The molecule has 0 aliphatic heterocycles. The van der Waals surface area contributed by atoms with Gasteiger partial charge >= 0.3 is 5.97 Å². The van der Waals surface area contributed by atoms with Crippen LogP contribution in [-0.2, 0) is 14.3 Å². The third kappa shape index (κ3) is 6.80. The molecule has 0 spiro atoms. The van der Waals surface area contributed by atoms with Gasteiger partial charge in [-0.2, -0.15) is 0 Å². The smallest absolute Gasteiger partial charge is 0.309 e. The van der Waals surface area contributed by atoms with Crippen LogP contribution in [-0.4, -0.2) is 38.9 Å². The van der Waals surface area contributed by atoms with Crippen molar-refractivity contribution in [2.75, 3.05) is 26.9 Å². The van der Waals surface area contributed by atoms with Crippen molar-refractivity contribution in [2.45, 2.75) is 33.7 Å². The van der Waals surface area contributed by atoms with Crippen LogP contribution in [0.25, 0.3) is 0 Å². The molecule has 4 nitrogen and oxygen atoms in total. The second kappa shape index (κ2) is 8.53. The Kier molecular flexibility index (Phi) is 8.21. The molecule has 0 bridgehead atoms. The molecule has 96 valence electrons. The molecule has 0 aromatic rings. The summed E-state index contributed by atoms with van der Waals surface area (Å²) in [4.78, 5) is 11.2. The Morgan fingerprint density at radius 1 is 1.25 bits per heavy atom. The van der Waals surface area contributed by atoms with Crippen molar-refractivity contribution >= 4 is 5.97 Å². The van der Waals surface area contributed by atoms with Crippen molar-refractivity contribution < 1.29 is 14.3 Å². The lowest BCUT2D eigenvalue weighted by Gasteiger charge is -2.19. The molecule has 0 aliphatic rings. The summed E-state index contributed by atoms with van der Waals surface area (Å²) in [6.07, 6.45) is 0. The van der Waals surface area contributed by atoms with Gasteiger partial charge < -0.3 is 14.8 Å². The number of ether oxygens (including phenoxy) is 2. The minimum atomic E-state index is -0.178. The Labute approximate surface area is 98.7 Å². The molecule has 0 saturated carbocycles. The highest BCUT2D eigenvalue weighted by atomic mass is 16.5. The molecule has 0 aromatic carbocycles. The molecule has 0 heterocycles. The van der Waals surface area contributed by atoms with E-state index in [1.165, 1.54) is 7.11 Å². The first-order chi connectivity index (χ1) is 7.49. The molecule has 1 N–H and O–H groups in total. The van der Waals surface area contributed by atoms with E-state index in [-0.39, 0.29) is 17.9 Å². The Bertz CT molecular complexity index is 195. The van der Waals surface area contributed by atoms with Gasteiger partial charge in [0.2, 0.25) is 0 Å². The van der Waals surface area contributed by atoms with Crippen LogP contribution in [0.15, 0.2) is 0 Å². The maximum atomic E-state index is 11.2. The van der Waals surface area contributed by atoms with Gasteiger partial charge in [-0.3, -0.25) is 4.79 Å². The van der Waals surface area contributed by atoms with Gasteiger partial charge in [-0.05, 0) is 12.8 Å². The molecule has 0 rings (SSSR count). The maximum absolute atomic E-state index is 11.2. The van der Waals surface area contributed by atoms with Crippen molar-refractivity contribution in [1.29, 1.82) is 0 Å². The highest BCUT2D eigenvalue weighted by Crippen LogP contribution is 2.04. The summed E-state index contributed by atoms with van der Waals surface area (Å²) in [7, 11) is 1.41. The third-order valence-corrected chi connectivity index (χ3v) is 2.49. The van der Waals surface area contributed by atoms with Crippen molar-refractivity contribution in [2.24, 2.45) is 11.8 Å². The summed E-state index contributed by atoms with van der Waals surface area (Å²) in [5.41, 5.74) is 0. The Morgan fingerprint density at radius 3 is 2.38 bits per heavy atom. The van der Waals surface area contributed by atoms with Crippen LogP contribution >= 0.6 is 0 Å². The summed E-state index contributed by atoms with van der Waals surface area (Å²) in [5, 5.41) is 3.25. The minimum absolute atomic E-state index is 0.107. The molecule has 16 heavy (non-hydrogen) atoms. The summed E-state index contributed by atoms with van der Waals surface area (Å²) in [6, 6.07) is 0.107. The molecule has 0 amide bonds. The molecule has 0 saturated heterocycles. The van der Waals surface area contributed by atoms with Gasteiger partial charge in [0.25, 0.3) is 0 Å². The molecule has 2 atom stereocenters. The van der Waals surface area contributed by atoms with Crippen LogP contribution in [0.3, 0.4) is 0 Å². The number of hydrogen-bond acceptors (Lipinski definition) is 4. The average molecular weight is 231 g/mol. The van der Waals surface area contributed by atoms with Gasteiger partial charge in [-0.15, -0.1) is 0 Å². The molecule has 4 heteroatoms. The molecule has 2 unspecified atom stereocenters. The van der Waals surface area contributed by atoms with Crippen molar-refractivity contribution in [3.05, 3.63) is 0 Å². The lowest BCUT2D eigenvalue weighted by Crippen LogP contribution is -2.38. The van der Waals surface area contributed by atoms with E-state index in [0.29, 0.717) is 12.5 Å². The predicted molar refractivity (Wildman–Crippen MR) is 64.3 cm³/mol. The van der Waals surface area contributed by atoms with E-state index in [2.05, 4.69) is 23.9 Å².